The van der Waals surface area contributed by atoms with Gasteiger partial charge in [0.1, 0.15) is 66.5 Å². The maximum Gasteiger partial charge on any atom is 0.470 e. The van der Waals surface area contributed by atoms with Crippen LogP contribution in [0.25, 0.3) is 0 Å². The minimum absolute atomic E-state index is 0.622. The van der Waals surface area contributed by atoms with Crippen LogP contribution in [0.2, 0.25) is 0 Å². The number of aliphatic hydroxyl groups is 7. The maximum atomic E-state index is 11.8. The van der Waals surface area contributed by atoms with Gasteiger partial charge in [0, 0.05) is 0 Å². The molecule has 3 fully saturated rings. The first-order chi connectivity index (χ1) is 20.4. The van der Waals surface area contributed by atoms with E-state index in [0.29, 0.717) is 0 Å². The number of hydrogen-bond donors (Lipinski definition) is 14. The number of nitrogens with two attached hydrogens (primary N) is 4. The molecule has 44 heavy (non-hydrogen) atoms. The molecule has 2 heterocycles. The molecule has 2 aliphatic heterocycles. The van der Waals surface area contributed by atoms with Crippen molar-refractivity contribution in [1.29, 1.82) is 0 Å². The predicted molar refractivity (Wildman–Crippen MR) is 145 cm³/mol. The quantitative estimate of drug-likeness (QED) is 0.0554. The molecule has 1 saturated carbocycles. The summed E-state index contributed by atoms with van der Waals surface area (Å²) in [6, 6.07) is -4.56. The van der Waals surface area contributed by atoms with Gasteiger partial charge in [-0.2, -0.15) is 0 Å². The lowest BCUT2D eigenvalue weighted by Gasteiger charge is -2.46. The fourth-order valence-corrected chi connectivity index (χ4v) is 6.00. The summed E-state index contributed by atoms with van der Waals surface area (Å²) in [5, 5.41) is 77.1. The second-order valence-corrected chi connectivity index (χ2v) is 11.8. The lowest BCUT2D eigenvalue weighted by atomic mass is 9.81. The van der Waals surface area contributed by atoms with Crippen LogP contribution in [-0.2, 0) is 28.0 Å². The van der Waals surface area contributed by atoms with E-state index in [2.05, 4.69) is 15.3 Å². The maximum absolute atomic E-state index is 11.8. The van der Waals surface area contributed by atoms with Crippen LogP contribution < -0.4 is 28.3 Å². The Labute approximate surface area is 250 Å². The van der Waals surface area contributed by atoms with E-state index in [4.69, 9.17) is 46.4 Å². The number of hydrogen-bond acceptors (Lipinski definition) is 16. The lowest BCUT2D eigenvalue weighted by molar-refractivity contribution is -0.317. The summed E-state index contributed by atoms with van der Waals surface area (Å²) in [5.41, 5.74) is 19.6. The first-order valence-electron chi connectivity index (χ1n) is 13.3. The predicted octanol–water partition coefficient (Wildman–Crippen LogP) is -8.25. The first kappa shape index (κ1) is 36.6. The third kappa shape index (κ3) is 7.58. The van der Waals surface area contributed by atoms with Gasteiger partial charge in [0.05, 0.1) is 25.4 Å². The monoisotopic (exact) mass is 663 g/mol. The van der Waals surface area contributed by atoms with Crippen molar-refractivity contribution < 1.29 is 73.6 Å². The topological polar surface area (TPSA) is 386 Å². The number of ether oxygens (including phenoxy) is 4. The average molecular weight is 664 g/mol. The summed E-state index contributed by atoms with van der Waals surface area (Å²) in [6.45, 7) is -0.398. The zero-order chi connectivity index (χ0) is 33.3. The molecule has 1 aliphatic carbocycles. The van der Waals surface area contributed by atoms with Gasteiger partial charge in [-0.3, -0.25) is 4.52 Å². The van der Waals surface area contributed by atoms with Crippen molar-refractivity contribution in [1.82, 2.24) is 5.32 Å². The molecular weight excluding hydrogens is 621 g/mol. The second kappa shape index (κ2) is 14.3. The zero-order valence-corrected chi connectivity index (χ0v) is 24.5. The van der Waals surface area contributed by atoms with E-state index in [1.54, 1.807) is 0 Å². The number of aliphatic hydroxyl groups excluding tert-OH is 6. The molecule has 23 heteroatoms. The highest BCUT2D eigenvalue weighted by Crippen LogP contribution is 2.44. The van der Waals surface area contributed by atoms with Crippen LogP contribution >= 0.6 is 7.82 Å². The van der Waals surface area contributed by atoms with Crippen LogP contribution in [0.5, 0.6) is 0 Å². The van der Waals surface area contributed by atoms with Gasteiger partial charge in [0.2, 0.25) is 0 Å². The van der Waals surface area contributed by atoms with Gasteiger partial charge in [0.15, 0.2) is 24.5 Å². The molecule has 15 unspecified atom stereocenters. The summed E-state index contributed by atoms with van der Waals surface area (Å²) in [6.07, 6.45) is -18.6. The molecule has 18 N–H and O–H groups in total. The molecule has 0 bridgehead atoms. The molecule has 0 spiro atoms. The van der Waals surface area contributed by atoms with Gasteiger partial charge in [-0.05, 0) is 14.0 Å². The molecule has 0 aromatic rings. The van der Waals surface area contributed by atoms with Crippen LogP contribution in [-0.4, -0.2) is 169 Å². The second-order valence-electron chi connectivity index (χ2n) is 10.6. The summed E-state index contributed by atoms with van der Waals surface area (Å²) < 4.78 is 39.6. The third-order valence-corrected chi connectivity index (χ3v) is 8.24. The molecule has 0 aromatic heterocycles. The van der Waals surface area contributed by atoms with Crippen molar-refractivity contribution in [2.75, 3.05) is 20.3 Å². The van der Waals surface area contributed by atoms with Gasteiger partial charge in [-0.15, -0.1) is 0 Å². The van der Waals surface area contributed by atoms with Crippen LogP contribution in [0.1, 0.15) is 6.92 Å². The SMILES string of the molecule is CNC1C(OC2C(OC3C(O)C(OP(=O)(O)O)C(N=C(N)N)C(O)C3N=C(N)N)OC(C)C2(O)CO)OC(CO)C(O)C1O. The number of aliphatic imine (C=N–C) groups is 2. The first-order valence-corrected chi connectivity index (χ1v) is 14.8. The molecule has 3 aliphatic rings. The fraction of sp³-hybridized carbons (Fsp3) is 0.905. The molecule has 22 nitrogen and oxygen atoms in total. The summed E-state index contributed by atoms with van der Waals surface area (Å²) in [4.78, 5) is 26.6. The number of nitrogens with zero attached hydrogens (tertiary/aromatic N) is 2. The van der Waals surface area contributed by atoms with Gasteiger partial charge < -0.3 is 92.7 Å². The van der Waals surface area contributed by atoms with Crippen molar-refractivity contribution in [3.8, 4) is 0 Å². The molecule has 0 amide bonds. The van der Waals surface area contributed by atoms with Crippen molar-refractivity contribution in [2.45, 2.75) is 98.2 Å². The van der Waals surface area contributed by atoms with E-state index in [1.807, 2.05) is 0 Å². The summed E-state index contributed by atoms with van der Waals surface area (Å²) in [7, 11) is -3.97. The molecule has 0 aromatic carbocycles. The molecule has 15 atom stereocenters. The highest BCUT2D eigenvalue weighted by molar-refractivity contribution is 7.46. The van der Waals surface area contributed by atoms with E-state index in [1.165, 1.54) is 14.0 Å². The molecular formula is C21H42N7O15P. The van der Waals surface area contributed by atoms with Gasteiger partial charge in [0.25, 0.3) is 0 Å². The summed E-state index contributed by atoms with van der Waals surface area (Å²) >= 11 is 0. The number of guanidine groups is 2. The zero-order valence-electron chi connectivity index (χ0n) is 23.6. The largest absolute Gasteiger partial charge is 0.470 e. The average Bonchev–Trinajstić information content (AvgIpc) is 3.16. The lowest BCUT2D eigenvalue weighted by Crippen LogP contribution is -2.67. The summed E-state index contributed by atoms with van der Waals surface area (Å²) in [5.74, 6) is -1.28. The van der Waals surface area contributed by atoms with Gasteiger partial charge >= 0.3 is 7.82 Å². The van der Waals surface area contributed by atoms with Gasteiger partial charge in [-0.25, -0.2) is 14.5 Å². The van der Waals surface area contributed by atoms with Crippen molar-refractivity contribution in [3.05, 3.63) is 0 Å². The van der Waals surface area contributed by atoms with Gasteiger partial charge in [-0.1, -0.05) is 0 Å². The Morgan fingerprint density at radius 3 is 1.93 bits per heavy atom. The van der Waals surface area contributed by atoms with E-state index in [0.717, 1.165) is 0 Å². The standard InChI is InChI=1S/C21H42N7O15P/c1-5-21(35,4-30)16(42-17-9(26-2)12(33)10(31)6(3-29)40-17)18(39-5)41-14-7(27-19(22)23)11(32)8(28-20(24)25)15(13(14)34)43-44(36,37)38/h5-18,26,29-35H,3-4H2,1-2H3,(H4,22,23,27)(H4,24,25,28)(H2,36,37,38). The highest BCUT2D eigenvalue weighted by atomic mass is 31.2. The van der Waals surface area contributed by atoms with E-state index in [9.17, 15) is 50.1 Å². The Morgan fingerprint density at radius 1 is 0.886 bits per heavy atom. The van der Waals surface area contributed by atoms with Crippen LogP contribution in [0.3, 0.4) is 0 Å². The van der Waals surface area contributed by atoms with E-state index in [-0.39, 0.29) is 0 Å². The molecule has 2 saturated heterocycles. The van der Waals surface area contributed by atoms with Crippen molar-refractivity contribution >= 4 is 19.7 Å². The Morgan fingerprint density at radius 2 is 1.45 bits per heavy atom. The Balaban J connectivity index is 2.04. The third-order valence-electron chi connectivity index (χ3n) is 7.72. The van der Waals surface area contributed by atoms with Crippen LogP contribution in [0.15, 0.2) is 9.98 Å². The number of likely N-dealkylation sites (N-methyl/N-ethyl adjacent to an activating group) is 1. The fourth-order valence-electron chi connectivity index (χ4n) is 5.44. The van der Waals surface area contributed by atoms with E-state index < -0.39 is 124 Å². The molecule has 0 radical (unpaired) electrons. The highest BCUT2D eigenvalue weighted by Gasteiger charge is 2.61. The number of phosphoric ester groups is 1. The number of rotatable bonds is 11. The minimum atomic E-state index is -5.37. The number of nitrogens with one attached hydrogen (secondary N) is 1. The Hall–Kier alpha value is -1.83. The van der Waals surface area contributed by atoms with Crippen molar-refractivity contribution in [3.63, 3.8) is 0 Å². The van der Waals surface area contributed by atoms with E-state index >= 15 is 0 Å². The Bertz CT molecular complexity index is 1080. The van der Waals surface area contributed by atoms with Crippen LogP contribution in [0, 0.1) is 0 Å². The Kier molecular flexibility index (Phi) is 11.9. The number of phosphoric acid groups is 1. The normalized spacial score (nSPS) is 44.7. The van der Waals surface area contributed by atoms with Crippen LogP contribution in [0.4, 0.5) is 0 Å². The minimum Gasteiger partial charge on any atom is -0.394 e. The van der Waals surface area contributed by atoms with Crippen molar-refractivity contribution in [2.24, 2.45) is 32.9 Å². The molecule has 256 valence electrons. The molecule has 3 rings (SSSR count). The smallest absolute Gasteiger partial charge is 0.394 e.